The molecule has 0 aliphatic carbocycles. The summed E-state index contributed by atoms with van der Waals surface area (Å²) in [5.41, 5.74) is 7.54. The first kappa shape index (κ1) is 31.0. The Bertz CT molecular complexity index is 1190. The Labute approximate surface area is 229 Å². The summed E-state index contributed by atoms with van der Waals surface area (Å²) >= 11 is 0. The average Bonchev–Trinajstić information content (AvgIpc) is 3.25. The number of hydrogen-bond donors (Lipinski definition) is 3. The van der Waals surface area contributed by atoms with E-state index in [1.165, 1.54) is 13.0 Å². The van der Waals surface area contributed by atoms with Crippen LogP contribution in [0.15, 0.2) is 36.4 Å². The molecular formula is C27H33F4N3O6. The zero-order valence-electron chi connectivity index (χ0n) is 22.2. The number of methoxy groups -OCH3 is 1. The Kier molecular flexibility index (Phi) is 10.2. The van der Waals surface area contributed by atoms with Crippen LogP contribution in [0.4, 0.5) is 23.2 Å². The smallest absolute Gasteiger partial charge is 0.490 e. The number of carboxylic acids is 1. The SMILES string of the molecule is COc1ccc(NCC(C)=O)c(OCC(CN)N2CCC3(CC2)Cc2cc(F)ccc2O3)c1.O=C(O)C(F)(F)F. The molecule has 2 aliphatic rings. The molecule has 1 fully saturated rings. The Hall–Kier alpha value is -3.58. The number of Topliss-reactive ketones (excluding diaryl/α,β-unsaturated/α-hetero) is 1. The molecule has 0 bridgehead atoms. The third-order valence-electron chi connectivity index (χ3n) is 6.75. The molecule has 1 atom stereocenters. The van der Waals surface area contributed by atoms with Crippen molar-refractivity contribution in [1.29, 1.82) is 0 Å². The van der Waals surface area contributed by atoms with Crippen LogP contribution in [-0.4, -0.2) is 79.5 Å². The van der Waals surface area contributed by atoms with Crippen molar-refractivity contribution in [2.24, 2.45) is 5.73 Å². The number of carbonyl (C=O) groups excluding carboxylic acids is 1. The fourth-order valence-electron chi connectivity index (χ4n) is 4.60. The van der Waals surface area contributed by atoms with Crippen molar-refractivity contribution in [3.8, 4) is 17.2 Å². The lowest BCUT2D eigenvalue weighted by atomic mass is 9.86. The van der Waals surface area contributed by atoms with E-state index >= 15 is 0 Å². The van der Waals surface area contributed by atoms with E-state index in [0.29, 0.717) is 24.7 Å². The van der Waals surface area contributed by atoms with Gasteiger partial charge in [0, 0.05) is 50.5 Å². The third-order valence-corrected chi connectivity index (χ3v) is 6.75. The number of benzene rings is 2. The summed E-state index contributed by atoms with van der Waals surface area (Å²) in [6.45, 7) is 4.29. The monoisotopic (exact) mass is 571 g/mol. The summed E-state index contributed by atoms with van der Waals surface area (Å²) in [7, 11) is 1.60. The third kappa shape index (κ3) is 8.21. The van der Waals surface area contributed by atoms with Crippen LogP contribution in [0, 0.1) is 5.82 Å². The molecule has 2 aromatic rings. The molecule has 9 nitrogen and oxygen atoms in total. The molecule has 13 heteroatoms. The van der Waals surface area contributed by atoms with Crippen LogP contribution >= 0.6 is 0 Å². The molecule has 0 aromatic heterocycles. The number of nitrogens with two attached hydrogens (primary N) is 1. The van der Waals surface area contributed by atoms with Crippen molar-refractivity contribution >= 4 is 17.4 Å². The molecule has 2 aromatic carbocycles. The zero-order chi connectivity index (χ0) is 29.5. The van der Waals surface area contributed by atoms with Crippen molar-refractivity contribution in [1.82, 2.24) is 4.90 Å². The lowest BCUT2D eigenvalue weighted by molar-refractivity contribution is -0.192. The van der Waals surface area contributed by atoms with Gasteiger partial charge in [-0.3, -0.25) is 9.69 Å². The normalized spacial score (nSPS) is 16.7. The number of ketones is 1. The fraction of sp³-hybridized carbons (Fsp3) is 0.481. The molecule has 0 amide bonds. The van der Waals surface area contributed by atoms with Gasteiger partial charge < -0.3 is 30.4 Å². The topological polar surface area (TPSA) is 123 Å². The van der Waals surface area contributed by atoms with E-state index in [0.717, 1.165) is 49.4 Å². The molecular weight excluding hydrogens is 538 g/mol. The van der Waals surface area contributed by atoms with Crippen LogP contribution in [-0.2, 0) is 16.0 Å². The van der Waals surface area contributed by atoms with Gasteiger partial charge in [-0.25, -0.2) is 9.18 Å². The number of rotatable bonds is 9. The minimum absolute atomic E-state index is 0.0374. The van der Waals surface area contributed by atoms with Crippen molar-refractivity contribution in [2.45, 2.75) is 44.0 Å². The molecule has 4 rings (SSSR count). The summed E-state index contributed by atoms with van der Waals surface area (Å²) < 4.78 is 63.1. The molecule has 1 unspecified atom stereocenters. The maximum absolute atomic E-state index is 13.6. The predicted octanol–water partition coefficient (Wildman–Crippen LogP) is 3.64. The molecule has 2 heterocycles. The van der Waals surface area contributed by atoms with Gasteiger partial charge in [0.25, 0.3) is 0 Å². The first-order valence-electron chi connectivity index (χ1n) is 12.6. The second-order valence-corrected chi connectivity index (χ2v) is 9.67. The molecule has 0 radical (unpaired) electrons. The number of nitrogens with zero attached hydrogens (tertiary/aromatic N) is 1. The zero-order valence-corrected chi connectivity index (χ0v) is 22.2. The van der Waals surface area contributed by atoms with E-state index in [9.17, 15) is 22.4 Å². The van der Waals surface area contributed by atoms with E-state index in [-0.39, 0.29) is 29.8 Å². The van der Waals surface area contributed by atoms with E-state index < -0.39 is 12.1 Å². The van der Waals surface area contributed by atoms with E-state index in [2.05, 4.69) is 10.2 Å². The molecule has 1 spiro atoms. The molecule has 4 N–H and O–H groups in total. The number of nitrogens with one attached hydrogen (secondary N) is 1. The Morgan fingerprint density at radius 2 is 1.88 bits per heavy atom. The van der Waals surface area contributed by atoms with Crippen molar-refractivity contribution in [2.75, 3.05) is 45.2 Å². The highest BCUT2D eigenvalue weighted by molar-refractivity contribution is 5.81. The first-order chi connectivity index (χ1) is 18.9. The minimum atomic E-state index is -5.08. The highest BCUT2D eigenvalue weighted by Crippen LogP contribution is 2.41. The number of anilines is 1. The van der Waals surface area contributed by atoms with Crippen molar-refractivity contribution in [3.05, 3.63) is 47.8 Å². The maximum atomic E-state index is 13.6. The van der Waals surface area contributed by atoms with Gasteiger partial charge in [-0.15, -0.1) is 0 Å². The number of carboxylic acid groups (broad SMARTS) is 1. The van der Waals surface area contributed by atoms with Crippen LogP contribution < -0.4 is 25.3 Å². The summed E-state index contributed by atoms with van der Waals surface area (Å²) in [5.74, 6) is -0.837. The highest BCUT2D eigenvalue weighted by Gasteiger charge is 2.43. The number of aliphatic carboxylic acids is 1. The second kappa shape index (κ2) is 13.2. The van der Waals surface area contributed by atoms with Crippen LogP contribution in [0.1, 0.15) is 25.3 Å². The first-order valence-corrected chi connectivity index (χ1v) is 12.6. The van der Waals surface area contributed by atoms with Crippen LogP contribution in [0.3, 0.4) is 0 Å². The van der Waals surface area contributed by atoms with Gasteiger partial charge in [-0.2, -0.15) is 13.2 Å². The van der Waals surface area contributed by atoms with Crippen molar-refractivity contribution < 1.29 is 46.5 Å². The van der Waals surface area contributed by atoms with Crippen LogP contribution in [0.25, 0.3) is 0 Å². The van der Waals surface area contributed by atoms with Gasteiger partial charge in [-0.05, 0) is 37.3 Å². The lowest BCUT2D eigenvalue weighted by Crippen LogP contribution is -2.53. The molecule has 2 aliphatic heterocycles. The van der Waals surface area contributed by atoms with Gasteiger partial charge in [0.05, 0.1) is 25.4 Å². The lowest BCUT2D eigenvalue weighted by Gasteiger charge is -2.41. The number of likely N-dealkylation sites (tertiary alicyclic amines) is 1. The molecule has 220 valence electrons. The second-order valence-electron chi connectivity index (χ2n) is 9.67. The van der Waals surface area contributed by atoms with Crippen molar-refractivity contribution in [3.63, 3.8) is 0 Å². The number of hydrogen-bond acceptors (Lipinski definition) is 8. The predicted molar refractivity (Wildman–Crippen MR) is 138 cm³/mol. The standard InChI is InChI=1S/C25H32FN3O4.C2HF3O2/c1-17(30)15-28-22-5-4-21(31-2)12-24(22)32-16-20(14-27)29-9-7-25(8-10-29)13-18-11-19(26)3-6-23(18)33-25;3-2(4,5)1(6)7/h3-6,11-12,20,28H,7-10,13-16,27H2,1-2H3;(H,6,7). The largest absolute Gasteiger partial charge is 0.497 e. The summed E-state index contributed by atoms with van der Waals surface area (Å²) in [6.07, 6.45) is -2.64. The number of ether oxygens (including phenoxy) is 3. The number of alkyl halides is 3. The Morgan fingerprint density at radius 1 is 1.20 bits per heavy atom. The Morgan fingerprint density at radius 3 is 2.45 bits per heavy atom. The van der Waals surface area contributed by atoms with Crippen LogP contribution in [0.5, 0.6) is 17.2 Å². The average molecular weight is 572 g/mol. The van der Waals surface area contributed by atoms with Crippen LogP contribution in [0.2, 0.25) is 0 Å². The van der Waals surface area contributed by atoms with Gasteiger partial charge in [0.15, 0.2) is 0 Å². The fourth-order valence-corrected chi connectivity index (χ4v) is 4.60. The van der Waals surface area contributed by atoms with E-state index in [1.807, 2.05) is 18.2 Å². The van der Waals surface area contributed by atoms with Gasteiger partial charge in [0.1, 0.15) is 41.1 Å². The molecule has 40 heavy (non-hydrogen) atoms. The quantitative estimate of drug-likeness (QED) is 0.387. The Balaban J connectivity index is 0.000000559. The summed E-state index contributed by atoms with van der Waals surface area (Å²) in [6, 6.07) is 10.3. The van der Waals surface area contributed by atoms with E-state index in [1.54, 1.807) is 19.2 Å². The summed E-state index contributed by atoms with van der Waals surface area (Å²) in [4.78, 5) is 22.6. The van der Waals surface area contributed by atoms with Gasteiger partial charge in [-0.1, -0.05) is 0 Å². The molecule has 0 saturated carbocycles. The highest BCUT2D eigenvalue weighted by atomic mass is 19.4. The van der Waals surface area contributed by atoms with Gasteiger partial charge >= 0.3 is 12.1 Å². The molecule has 1 saturated heterocycles. The number of carbonyl (C=O) groups is 2. The number of piperidine rings is 1. The maximum Gasteiger partial charge on any atom is 0.490 e. The number of fused-ring (bicyclic) bond motifs is 1. The number of halogens is 4. The van der Waals surface area contributed by atoms with E-state index in [4.69, 9.17) is 29.8 Å². The summed E-state index contributed by atoms with van der Waals surface area (Å²) in [5, 5.41) is 10.2. The minimum Gasteiger partial charge on any atom is -0.497 e. The van der Waals surface area contributed by atoms with Gasteiger partial charge in [0.2, 0.25) is 0 Å².